The van der Waals surface area contributed by atoms with E-state index in [0.29, 0.717) is 5.69 Å². The molecule has 1 aromatic carbocycles. The van der Waals surface area contributed by atoms with Gasteiger partial charge in [-0.25, -0.2) is 9.97 Å². The average Bonchev–Trinajstić information content (AvgIpc) is 2.87. The summed E-state index contributed by atoms with van der Waals surface area (Å²) in [5.74, 6) is 0.945. The monoisotopic (exact) mass is 285 g/mol. The number of nitrogens with zero attached hydrogens (tertiary/aromatic N) is 2. The van der Waals surface area contributed by atoms with Crippen LogP contribution in [0, 0.1) is 6.92 Å². The number of rotatable bonds is 3. The SMILES string of the molecule is CCc1cc2c(Nc3cc(C)ccc3O)ncnc2s1. The Hall–Kier alpha value is -2.14. The van der Waals surface area contributed by atoms with Gasteiger partial charge < -0.3 is 10.4 Å². The highest BCUT2D eigenvalue weighted by Crippen LogP contribution is 2.32. The van der Waals surface area contributed by atoms with Gasteiger partial charge in [0.05, 0.1) is 11.1 Å². The molecule has 5 heteroatoms. The minimum absolute atomic E-state index is 0.216. The van der Waals surface area contributed by atoms with Crippen molar-refractivity contribution in [2.24, 2.45) is 0 Å². The minimum Gasteiger partial charge on any atom is -0.506 e. The summed E-state index contributed by atoms with van der Waals surface area (Å²) < 4.78 is 0. The number of phenols is 1. The number of hydrogen-bond acceptors (Lipinski definition) is 5. The number of hydrogen-bond donors (Lipinski definition) is 2. The van der Waals surface area contributed by atoms with Gasteiger partial charge in [-0.15, -0.1) is 11.3 Å². The van der Waals surface area contributed by atoms with E-state index in [-0.39, 0.29) is 5.75 Å². The quantitative estimate of drug-likeness (QED) is 0.714. The molecule has 0 radical (unpaired) electrons. The summed E-state index contributed by atoms with van der Waals surface area (Å²) in [5.41, 5.74) is 1.74. The van der Waals surface area contributed by atoms with Gasteiger partial charge >= 0.3 is 0 Å². The molecule has 0 spiro atoms. The summed E-state index contributed by atoms with van der Waals surface area (Å²) in [6.07, 6.45) is 2.53. The number of fused-ring (bicyclic) bond motifs is 1. The van der Waals surface area contributed by atoms with Crippen LogP contribution in [0.2, 0.25) is 0 Å². The molecule has 0 saturated heterocycles. The molecule has 2 heterocycles. The van der Waals surface area contributed by atoms with Crippen molar-refractivity contribution in [3.8, 4) is 5.75 Å². The van der Waals surface area contributed by atoms with Gasteiger partial charge in [-0.3, -0.25) is 0 Å². The number of nitrogens with one attached hydrogen (secondary N) is 1. The van der Waals surface area contributed by atoms with Gasteiger partial charge in [0.25, 0.3) is 0 Å². The summed E-state index contributed by atoms with van der Waals surface area (Å²) in [4.78, 5) is 10.8. The fraction of sp³-hybridized carbons (Fsp3) is 0.200. The van der Waals surface area contributed by atoms with E-state index in [4.69, 9.17) is 0 Å². The molecule has 2 N–H and O–H groups in total. The highest BCUT2D eigenvalue weighted by Gasteiger charge is 2.10. The Labute approximate surface area is 121 Å². The Morgan fingerprint density at radius 3 is 2.90 bits per heavy atom. The highest BCUT2D eigenvalue weighted by molar-refractivity contribution is 7.18. The molecule has 0 unspecified atom stereocenters. The van der Waals surface area contributed by atoms with E-state index < -0.39 is 0 Å². The predicted molar refractivity (Wildman–Crippen MR) is 82.9 cm³/mol. The van der Waals surface area contributed by atoms with Crippen LogP contribution in [0.4, 0.5) is 11.5 Å². The lowest BCUT2D eigenvalue weighted by molar-refractivity contribution is 0.477. The average molecular weight is 285 g/mol. The van der Waals surface area contributed by atoms with Crippen LogP contribution in [0.1, 0.15) is 17.4 Å². The third-order valence-electron chi connectivity index (χ3n) is 3.13. The lowest BCUT2D eigenvalue weighted by Gasteiger charge is -2.09. The molecule has 0 fully saturated rings. The summed E-state index contributed by atoms with van der Waals surface area (Å²) in [6, 6.07) is 7.56. The summed E-state index contributed by atoms with van der Waals surface area (Å²) in [7, 11) is 0. The number of anilines is 2. The zero-order valence-corrected chi connectivity index (χ0v) is 12.2. The minimum atomic E-state index is 0.216. The number of benzene rings is 1. The Bertz CT molecular complexity index is 767. The molecule has 4 nitrogen and oxygen atoms in total. The summed E-state index contributed by atoms with van der Waals surface area (Å²) in [5, 5.41) is 14.1. The highest BCUT2D eigenvalue weighted by atomic mass is 32.1. The lowest BCUT2D eigenvalue weighted by Crippen LogP contribution is -1.95. The van der Waals surface area contributed by atoms with E-state index in [0.717, 1.165) is 28.0 Å². The lowest BCUT2D eigenvalue weighted by atomic mass is 10.2. The van der Waals surface area contributed by atoms with Gasteiger partial charge in [-0.2, -0.15) is 0 Å². The van der Waals surface area contributed by atoms with Crippen molar-refractivity contribution in [3.05, 3.63) is 41.0 Å². The van der Waals surface area contributed by atoms with Crippen LogP contribution in [-0.4, -0.2) is 15.1 Å². The first kappa shape index (κ1) is 12.9. The molecule has 3 rings (SSSR count). The number of phenolic OH excluding ortho intramolecular Hbond substituents is 1. The second-order valence-electron chi connectivity index (χ2n) is 4.65. The van der Waals surface area contributed by atoms with Gasteiger partial charge in [0.15, 0.2) is 0 Å². The maximum atomic E-state index is 9.92. The zero-order chi connectivity index (χ0) is 14.1. The van der Waals surface area contributed by atoms with Crippen molar-refractivity contribution in [1.29, 1.82) is 0 Å². The van der Waals surface area contributed by atoms with E-state index in [1.807, 2.05) is 19.1 Å². The topological polar surface area (TPSA) is 58.0 Å². The fourth-order valence-corrected chi connectivity index (χ4v) is 2.99. The molecule has 3 aromatic rings. The smallest absolute Gasteiger partial charge is 0.142 e. The molecule has 0 bridgehead atoms. The van der Waals surface area contributed by atoms with Crippen LogP contribution in [0.3, 0.4) is 0 Å². The van der Waals surface area contributed by atoms with E-state index in [2.05, 4.69) is 28.3 Å². The van der Waals surface area contributed by atoms with Crippen LogP contribution in [-0.2, 0) is 6.42 Å². The third-order valence-corrected chi connectivity index (χ3v) is 4.32. The number of aryl methyl sites for hydroxylation is 2. The molecule has 0 saturated carbocycles. The van der Waals surface area contributed by atoms with E-state index in [9.17, 15) is 5.11 Å². The van der Waals surface area contributed by atoms with Crippen LogP contribution >= 0.6 is 11.3 Å². The molecular weight excluding hydrogens is 270 g/mol. The standard InChI is InChI=1S/C15H15N3OS/c1-3-10-7-11-14(16-8-17-15(11)20-10)18-12-6-9(2)4-5-13(12)19/h4-8,19H,3H2,1-2H3,(H,16,17,18). The van der Waals surface area contributed by atoms with Crippen molar-refractivity contribution in [2.45, 2.75) is 20.3 Å². The third kappa shape index (κ3) is 2.32. The Morgan fingerprint density at radius 2 is 2.10 bits per heavy atom. The zero-order valence-electron chi connectivity index (χ0n) is 11.3. The first-order valence-electron chi connectivity index (χ1n) is 6.47. The van der Waals surface area contributed by atoms with Crippen LogP contribution < -0.4 is 5.32 Å². The molecule has 0 aliphatic heterocycles. The number of thiophene rings is 1. The largest absolute Gasteiger partial charge is 0.506 e. The van der Waals surface area contributed by atoms with Gasteiger partial charge in [-0.1, -0.05) is 13.0 Å². The molecule has 0 atom stereocenters. The van der Waals surface area contributed by atoms with Gasteiger partial charge in [0, 0.05) is 4.88 Å². The van der Waals surface area contributed by atoms with Gasteiger partial charge in [0.2, 0.25) is 0 Å². The van der Waals surface area contributed by atoms with Crippen LogP contribution in [0.25, 0.3) is 10.2 Å². The maximum Gasteiger partial charge on any atom is 0.142 e. The Morgan fingerprint density at radius 1 is 1.25 bits per heavy atom. The van der Waals surface area contributed by atoms with Gasteiger partial charge in [-0.05, 0) is 37.1 Å². The molecular formula is C15H15N3OS. The molecule has 0 amide bonds. The van der Waals surface area contributed by atoms with Crippen molar-refractivity contribution >= 4 is 33.1 Å². The summed E-state index contributed by atoms with van der Waals surface area (Å²) >= 11 is 1.68. The van der Waals surface area contributed by atoms with Crippen molar-refractivity contribution in [1.82, 2.24) is 9.97 Å². The maximum absolute atomic E-state index is 9.92. The first-order valence-corrected chi connectivity index (χ1v) is 7.29. The van der Waals surface area contributed by atoms with E-state index in [1.54, 1.807) is 23.7 Å². The first-order chi connectivity index (χ1) is 9.67. The molecule has 102 valence electrons. The number of aromatic hydroxyl groups is 1. The second-order valence-corrected chi connectivity index (χ2v) is 5.77. The second kappa shape index (κ2) is 5.09. The fourth-order valence-electron chi connectivity index (χ4n) is 2.06. The predicted octanol–water partition coefficient (Wildman–Crippen LogP) is 4.01. The molecule has 0 aliphatic carbocycles. The van der Waals surface area contributed by atoms with E-state index in [1.165, 1.54) is 4.88 Å². The molecule has 0 aliphatic rings. The Kier molecular flexibility index (Phi) is 3.28. The molecule has 20 heavy (non-hydrogen) atoms. The van der Waals surface area contributed by atoms with Crippen molar-refractivity contribution < 1.29 is 5.11 Å². The van der Waals surface area contributed by atoms with Crippen molar-refractivity contribution in [3.63, 3.8) is 0 Å². The van der Waals surface area contributed by atoms with Crippen LogP contribution in [0.5, 0.6) is 5.75 Å². The number of aromatic nitrogens is 2. The van der Waals surface area contributed by atoms with Gasteiger partial charge in [0.1, 0.15) is 22.7 Å². The van der Waals surface area contributed by atoms with Crippen molar-refractivity contribution in [2.75, 3.05) is 5.32 Å². The normalized spacial score (nSPS) is 10.9. The van der Waals surface area contributed by atoms with E-state index >= 15 is 0 Å². The van der Waals surface area contributed by atoms with Crippen LogP contribution in [0.15, 0.2) is 30.6 Å². The Balaban J connectivity index is 2.06. The molecule has 2 aromatic heterocycles. The summed E-state index contributed by atoms with van der Waals surface area (Å²) in [6.45, 7) is 4.11.